The molecule has 0 fully saturated rings. The molecule has 7 nitrogen and oxygen atoms in total. The second kappa shape index (κ2) is 8.89. The number of fused-ring (bicyclic) bond motifs is 1. The van der Waals surface area contributed by atoms with E-state index in [1.54, 1.807) is 18.2 Å². The van der Waals surface area contributed by atoms with Crippen LogP contribution in [0.2, 0.25) is 0 Å². The summed E-state index contributed by atoms with van der Waals surface area (Å²) in [6, 6.07) is 18.6. The fourth-order valence-electron chi connectivity index (χ4n) is 3.29. The number of amides is 2. The number of aromatic amines is 1. The van der Waals surface area contributed by atoms with E-state index in [-0.39, 0.29) is 17.7 Å². The lowest BCUT2D eigenvalue weighted by Gasteiger charge is -2.16. The third-order valence-electron chi connectivity index (χ3n) is 4.78. The van der Waals surface area contributed by atoms with E-state index in [0.717, 1.165) is 11.1 Å². The van der Waals surface area contributed by atoms with E-state index in [0.29, 0.717) is 34.7 Å². The molecule has 2 heterocycles. The molecule has 8 heteroatoms. The molecule has 2 aromatic heterocycles. The van der Waals surface area contributed by atoms with Crippen molar-refractivity contribution < 1.29 is 9.59 Å². The minimum atomic E-state index is -0.339. The molecule has 0 aliphatic heterocycles. The molecule has 1 unspecified atom stereocenters. The molecule has 0 radical (unpaired) electrons. The summed E-state index contributed by atoms with van der Waals surface area (Å²) in [6.45, 7) is 0.409. The fraction of sp³-hybridized carbons (Fsp3) is 0.136. The number of rotatable bonds is 7. The largest absolute Gasteiger partial charge is 0.330 e. The third-order valence-corrected chi connectivity index (χ3v) is 5.65. The normalized spacial score (nSPS) is 11.9. The van der Waals surface area contributed by atoms with Crippen LogP contribution in [0, 0.1) is 0 Å². The Balaban J connectivity index is 1.55. The summed E-state index contributed by atoms with van der Waals surface area (Å²) in [5, 5.41) is 15.4. The molecule has 0 spiro atoms. The minimum absolute atomic E-state index is 0.126. The Labute approximate surface area is 177 Å². The number of nitrogens with two attached hydrogens (primary N) is 1. The average Bonchev–Trinajstić information content (AvgIpc) is 3.43. The van der Waals surface area contributed by atoms with Crippen LogP contribution in [-0.2, 0) is 4.79 Å². The van der Waals surface area contributed by atoms with Crippen molar-refractivity contribution in [1.29, 1.82) is 0 Å². The van der Waals surface area contributed by atoms with Gasteiger partial charge in [-0.2, -0.15) is 5.10 Å². The maximum atomic E-state index is 12.9. The van der Waals surface area contributed by atoms with E-state index in [9.17, 15) is 9.59 Å². The lowest BCUT2D eigenvalue weighted by Crippen LogP contribution is -2.23. The highest BCUT2D eigenvalue weighted by Crippen LogP contribution is 2.27. The third kappa shape index (κ3) is 4.24. The lowest BCUT2D eigenvalue weighted by atomic mass is 9.94. The molecule has 4 rings (SSSR count). The van der Waals surface area contributed by atoms with E-state index >= 15 is 0 Å². The molecule has 5 N–H and O–H groups in total. The first-order chi connectivity index (χ1) is 14.7. The van der Waals surface area contributed by atoms with Crippen LogP contribution in [0.3, 0.4) is 0 Å². The van der Waals surface area contributed by atoms with Gasteiger partial charge in [0.1, 0.15) is 0 Å². The number of carbonyl (C=O) groups is 2. The number of hydrogen-bond acceptors (Lipinski definition) is 5. The van der Waals surface area contributed by atoms with Crippen LogP contribution in [-0.4, -0.2) is 28.6 Å². The van der Waals surface area contributed by atoms with E-state index < -0.39 is 0 Å². The Morgan fingerprint density at radius 3 is 2.63 bits per heavy atom. The monoisotopic (exact) mass is 419 g/mol. The molecule has 0 saturated heterocycles. The Kier molecular flexibility index (Phi) is 5.87. The van der Waals surface area contributed by atoms with Crippen LogP contribution in [0.4, 0.5) is 11.5 Å². The molecule has 2 amide bonds. The van der Waals surface area contributed by atoms with Crippen molar-refractivity contribution >= 4 is 45.6 Å². The maximum Gasteiger partial charge on any atom is 0.266 e. The van der Waals surface area contributed by atoms with E-state index in [1.165, 1.54) is 11.3 Å². The molecular formula is C22H21N5O2S. The van der Waals surface area contributed by atoms with Crippen molar-refractivity contribution in [3.63, 3.8) is 0 Å². The molecule has 0 bridgehead atoms. The molecule has 0 aliphatic rings. The molecular weight excluding hydrogens is 398 g/mol. The van der Waals surface area contributed by atoms with Gasteiger partial charge in [-0.15, -0.1) is 11.3 Å². The van der Waals surface area contributed by atoms with Gasteiger partial charge in [-0.05, 0) is 48.2 Å². The first kappa shape index (κ1) is 19.8. The van der Waals surface area contributed by atoms with E-state index in [1.807, 2.05) is 47.8 Å². The summed E-state index contributed by atoms with van der Waals surface area (Å²) in [5.74, 6) is -0.270. The highest BCUT2D eigenvalue weighted by atomic mass is 32.1. The highest BCUT2D eigenvalue weighted by molar-refractivity contribution is 7.12. The number of benzene rings is 2. The number of nitrogens with zero attached hydrogens (tertiary/aromatic N) is 1. The van der Waals surface area contributed by atoms with Gasteiger partial charge in [0.15, 0.2) is 5.82 Å². The van der Waals surface area contributed by atoms with Crippen LogP contribution in [0.25, 0.3) is 10.9 Å². The number of H-pyrrole nitrogens is 1. The molecule has 1 atom stereocenters. The van der Waals surface area contributed by atoms with Crippen LogP contribution in [0.15, 0.2) is 66.0 Å². The number of carbonyl (C=O) groups excluding carboxylic acids is 2. The summed E-state index contributed by atoms with van der Waals surface area (Å²) in [6.07, 6.45) is 0.548. The van der Waals surface area contributed by atoms with Crippen LogP contribution >= 0.6 is 11.3 Å². The van der Waals surface area contributed by atoms with Crippen molar-refractivity contribution in [2.24, 2.45) is 5.73 Å². The molecule has 4 aromatic rings. The van der Waals surface area contributed by atoms with Crippen LogP contribution in [0.5, 0.6) is 0 Å². The highest BCUT2D eigenvalue weighted by Gasteiger charge is 2.20. The van der Waals surface area contributed by atoms with Gasteiger partial charge in [0, 0.05) is 11.1 Å². The fourth-order valence-corrected chi connectivity index (χ4v) is 3.91. The minimum Gasteiger partial charge on any atom is -0.330 e. The van der Waals surface area contributed by atoms with Crippen molar-refractivity contribution in [2.75, 3.05) is 17.2 Å². The zero-order valence-electron chi connectivity index (χ0n) is 16.1. The van der Waals surface area contributed by atoms with Crippen molar-refractivity contribution in [1.82, 2.24) is 10.2 Å². The Morgan fingerprint density at radius 1 is 1.07 bits per heavy atom. The number of anilines is 2. The smallest absolute Gasteiger partial charge is 0.266 e. The zero-order chi connectivity index (χ0) is 20.9. The van der Waals surface area contributed by atoms with E-state index in [2.05, 4.69) is 20.8 Å². The molecule has 0 saturated carbocycles. The van der Waals surface area contributed by atoms with Gasteiger partial charge in [0.25, 0.3) is 5.91 Å². The van der Waals surface area contributed by atoms with Gasteiger partial charge in [0.2, 0.25) is 5.91 Å². The van der Waals surface area contributed by atoms with Gasteiger partial charge in [-0.25, -0.2) is 0 Å². The number of nitrogens with one attached hydrogen (secondary N) is 3. The van der Waals surface area contributed by atoms with Gasteiger partial charge < -0.3 is 16.4 Å². The first-order valence-electron chi connectivity index (χ1n) is 9.54. The average molecular weight is 420 g/mol. The summed E-state index contributed by atoms with van der Waals surface area (Å²) in [7, 11) is 0. The van der Waals surface area contributed by atoms with Crippen LogP contribution in [0.1, 0.15) is 27.6 Å². The number of hydrogen-bond donors (Lipinski definition) is 4. The second-order valence-electron chi connectivity index (χ2n) is 6.79. The topological polar surface area (TPSA) is 113 Å². The first-order valence-corrected chi connectivity index (χ1v) is 10.4. The summed E-state index contributed by atoms with van der Waals surface area (Å²) in [5.41, 5.74) is 8.04. The summed E-state index contributed by atoms with van der Waals surface area (Å²) < 4.78 is 0. The Bertz CT molecular complexity index is 1150. The molecule has 152 valence electrons. The lowest BCUT2D eigenvalue weighted by molar-refractivity contribution is -0.117. The van der Waals surface area contributed by atoms with Crippen molar-refractivity contribution in [2.45, 2.75) is 12.3 Å². The quantitative estimate of drug-likeness (QED) is 0.363. The van der Waals surface area contributed by atoms with Crippen LogP contribution < -0.4 is 16.4 Å². The molecule has 0 aliphatic carbocycles. The number of aromatic nitrogens is 2. The number of thiophene rings is 1. The SMILES string of the molecule is NCCC(C(=O)Nc1ccc2[nH]nc(NC(=O)c3cccs3)c2c1)c1ccccc1. The van der Waals surface area contributed by atoms with Crippen molar-refractivity contribution in [3.8, 4) is 0 Å². The van der Waals surface area contributed by atoms with Gasteiger partial charge in [-0.1, -0.05) is 36.4 Å². The Morgan fingerprint density at radius 2 is 1.90 bits per heavy atom. The van der Waals surface area contributed by atoms with Crippen molar-refractivity contribution in [3.05, 3.63) is 76.5 Å². The Hall–Kier alpha value is -3.49. The maximum absolute atomic E-state index is 12.9. The standard InChI is InChI=1S/C22H21N5O2S/c23-11-10-16(14-5-2-1-3-6-14)21(28)24-15-8-9-18-17(13-15)20(27-26-18)25-22(29)19-7-4-12-30-19/h1-9,12-13,16H,10-11,23H2,(H,24,28)(H2,25,26,27,29). The predicted molar refractivity (Wildman–Crippen MR) is 120 cm³/mol. The van der Waals surface area contributed by atoms with E-state index in [4.69, 9.17) is 5.73 Å². The summed E-state index contributed by atoms with van der Waals surface area (Å²) >= 11 is 1.36. The molecule has 30 heavy (non-hydrogen) atoms. The van der Waals surface area contributed by atoms with Gasteiger partial charge in [-0.3, -0.25) is 14.7 Å². The second-order valence-corrected chi connectivity index (χ2v) is 7.74. The van der Waals surface area contributed by atoms with Gasteiger partial charge >= 0.3 is 0 Å². The summed E-state index contributed by atoms with van der Waals surface area (Å²) in [4.78, 5) is 25.9. The molecule has 2 aromatic carbocycles. The predicted octanol–water partition coefficient (Wildman–Crippen LogP) is 3.95. The van der Waals surface area contributed by atoms with Gasteiger partial charge in [0.05, 0.1) is 16.3 Å². The zero-order valence-corrected chi connectivity index (χ0v) is 16.9.